The van der Waals surface area contributed by atoms with E-state index < -0.39 is 0 Å². The molecule has 0 aliphatic carbocycles. The van der Waals surface area contributed by atoms with Gasteiger partial charge in [-0.3, -0.25) is 0 Å². The minimum absolute atomic E-state index is 0.0591. The molecule has 0 N–H and O–H groups in total. The fraction of sp³-hybridized carbons (Fsp3) is 0.300. The van der Waals surface area contributed by atoms with Gasteiger partial charge >= 0.3 is 0 Å². The van der Waals surface area contributed by atoms with E-state index in [1.807, 2.05) is 64.0 Å². The van der Waals surface area contributed by atoms with Crippen LogP contribution in [0.4, 0.5) is 5.88 Å². The highest BCUT2D eigenvalue weighted by molar-refractivity contribution is 5.56. The van der Waals surface area contributed by atoms with Gasteiger partial charge in [0.05, 0.1) is 0 Å². The first-order valence-corrected chi connectivity index (χ1v) is 7.86. The molecule has 0 saturated heterocycles. The molecule has 0 radical (unpaired) electrons. The van der Waals surface area contributed by atoms with E-state index in [0.29, 0.717) is 22.9 Å². The first-order chi connectivity index (χ1) is 11.7. The Hall–Kier alpha value is -3.18. The van der Waals surface area contributed by atoms with E-state index in [0.717, 1.165) is 5.88 Å². The zero-order valence-corrected chi connectivity index (χ0v) is 15.1. The third-order valence-electron chi connectivity index (χ3n) is 3.53. The van der Waals surface area contributed by atoms with Gasteiger partial charge in [-0.2, -0.15) is 10.5 Å². The van der Waals surface area contributed by atoms with Gasteiger partial charge in [0.25, 0.3) is 0 Å². The lowest BCUT2D eigenvalue weighted by Crippen LogP contribution is -2.15. The van der Waals surface area contributed by atoms with Crippen molar-refractivity contribution in [2.45, 2.75) is 20.8 Å². The van der Waals surface area contributed by atoms with Crippen LogP contribution < -0.4 is 4.90 Å². The molecule has 2 heterocycles. The predicted octanol–water partition coefficient (Wildman–Crippen LogP) is 4.55. The van der Waals surface area contributed by atoms with E-state index in [1.165, 1.54) is 0 Å². The Morgan fingerprint density at radius 1 is 1.08 bits per heavy atom. The summed E-state index contributed by atoms with van der Waals surface area (Å²) in [5.74, 6) is 2.69. The fourth-order valence-corrected chi connectivity index (χ4v) is 2.11. The molecule has 1 aromatic heterocycles. The summed E-state index contributed by atoms with van der Waals surface area (Å²) in [7, 11) is 3.81. The van der Waals surface area contributed by atoms with E-state index in [9.17, 15) is 0 Å². The highest BCUT2D eigenvalue weighted by Crippen LogP contribution is 2.34. The van der Waals surface area contributed by atoms with Gasteiger partial charge in [0.2, 0.25) is 0 Å². The van der Waals surface area contributed by atoms with Crippen LogP contribution in [0.2, 0.25) is 0 Å². The van der Waals surface area contributed by atoms with Gasteiger partial charge in [-0.25, -0.2) is 0 Å². The summed E-state index contributed by atoms with van der Waals surface area (Å²) in [6.45, 7) is 6.03. The standard InChI is InChI=1S/C20H21N3O2/c1-20(2,3)18-11-14(15(12-21)13-22)10-17(24-18)7-6-16-8-9-19(25-16)23(4)5/h6-11H,1-5H3. The maximum absolute atomic E-state index is 9.15. The smallest absolute Gasteiger partial charge is 0.195 e. The third-order valence-corrected chi connectivity index (χ3v) is 3.53. The van der Waals surface area contributed by atoms with Crippen molar-refractivity contribution in [3.63, 3.8) is 0 Å². The van der Waals surface area contributed by atoms with Crippen LogP contribution in [0, 0.1) is 28.1 Å². The zero-order valence-electron chi connectivity index (χ0n) is 15.1. The normalized spacial score (nSPS) is 14.3. The van der Waals surface area contributed by atoms with E-state index in [4.69, 9.17) is 19.7 Å². The number of nitriles is 2. The second-order valence-electron chi connectivity index (χ2n) is 6.87. The number of allylic oxidation sites excluding steroid dienone is 6. The molecule has 2 rings (SSSR count). The van der Waals surface area contributed by atoms with E-state index in [1.54, 1.807) is 24.3 Å². The minimum Gasteiger partial charge on any atom is -0.461 e. The average Bonchev–Trinajstić information content (AvgIpc) is 3.02. The van der Waals surface area contributed by atoms with Crippen molar-refractivity contribution in [2.24, 2.45) is 5.41 Å². The van der Waals surface area contributed by atoms with Crippen molar-refractivity contribution in [3.05, 3.63) is 58.8 Å². The average molecular weight is 335 g/mol. The van der Waals surface area contributed by atoms with Gasteiger partial charge in [0.1, 0.15) is 35.0 Å². The highest BCUT2D eigenvalue weighted by Gasteiger charge is 2.24. The molecule has 5 heteroatoms. The topological polar surface area (TPSA) is 73.2 Å². The van der Waals surface area contributed by atoms with Gasteiger partial charge in [0.15, 0.2) is 5.88 Å². The van der Waals surface area contributed by atoms with Crippen LogP contribution in [-0.2, 0) is 4.74 Å². The van der Waals surface area contributed by atoms with Gasteiger partial charge in [-0.15, -0.1) is 0 Å². The van der Waals surface area contributed by atoms with Gasteiger partial charge in [-0.1, -0.05) is 20.8 Å². The molecule has 0 unspecified atom stereocenters. The summed E-state index contributed by atoms with van der Waals surface area (Å²) in [5.41, 5.74) is 0.357. The molecule has 0 fully saturated rings. The Labute approximate surface area is 148 Å². The molecule has 5 nitrogen and oxygen atoms in total. The highest BCUT2D eigenvalue weighted by atomic mass is 16.5. The summed E-state index contributed by atoms with van der Waals surface area (Å²) < 4.78 is 11.6. The Balaban J connectivity index is 2.36. The van der Waals surface area contributed by atoms with Gasteiger partial charge < -0.3 is 14.1 Å². The molecule has 25 heavy (non-hydrogen) atoms. The van der Waals surface area contributed by atoms with Gasteiger partial charge in [0, 0.05) is 31.1 Å². The van der Waals surface area contributed by atoms with E-state index in [2.05, 4.69) is 0 Å². The lowest BCUT2D eigenvalue weighted by atomic mass is 9.90. The summed E-state index contributed by atoms with van der Waals surface area (Å²) in [5, 5.41) is 18.3. The number of nitrogens with zero attached hydrogens (tertiary/aromatic N) is 3. The van der Waals surface area contributed by atoms with Crippen molar-refractivity contribution in [1.82, 2.24) is 0 Å². The van der Waals surface area contributed by atoms with Crippen LogP contribution in [0.5, 0.6) is 0 Å². The number of ether oxygens (including phenoxy) is 1. The second-order valence-corrected chi connectivity index (χ2v) is 6.87. The molecular weight excluding hydrogens is 314 g/mol. The third kappa shape index (κ3) is 4.43. The van der Waals surface area contributed by atoms with Crippen LogP contribution in [0.25, 0.3) is 6.08 Å². The van der Waals surface area contributed by atoms with Crippen LogP contribution in [0.3, 0.4) is 0 Å². The number of anilines is 1. The second kappa shape index (κ2) is 7.15. The SMILES string of the molecule is CN(C)c1ccc(C=CC2=CC(=C(C#N)C#N)C=C(C(C)(C)C)O2)o1. The molecule has 0 aromatic carbocycles. The fourth-order valence-electron chi connectivity index (χ4n) is 2.11. The first kappa shape index (κ1) is 18.2. The number of hydrogen-bond acceptors (Lipinski definition) is 5. The lowest BCUT2D eigenvalue weighted by molar-refractivity contribution is 0.223. The van der Waals surface area contributed by atoms with Crippen molar-refractivity contribution in [1.29, 1.82) is 10.5 Å². The monoisotopic (exact) mass is 335 g/mol. The largest absolute Gasteiger partial charge is 0.461 e. The minimum atomic E-state index is -0.253. The summed E-state index contributed by atoms with van der Waals surface area (Å²) in [6, 6.07) is 7.60. The van der Waals surface area contributed by atoms with E-state index in [-0.39, 0.29) is 11.0 Å². The Morgan fingerprint density at radius 2 is 1.76 bits per heavy atom. The molecular formula is C20H21N3O2. The van der Waals surface area contributed by atoms with E-state index >= 15 is 0 Å². The molecule has 0 spiro atoms. The number of furan rings is 1. The summed E-state index contributed by atoms with van der Waals surface area (Å²) in [4.78, 5) is 1.88. The maximum Gasteiger partial charge on any atom is 0.195 e. The van der Waals surface area contributed by atoms with Crippen molar-refractivity contribution in [3.8, 4) is 12.1 Å². The Morgan fingerprint density at radius 3 is 2.28 bits per heavy atom. The lowest BCUT2D eigenvalue weighted by Gasteiger charge is -2.26. The number of rotatable bonds is 3. The molecule has 128 valence electrons. The first-order valence-electron chi connectivity index (χ1n) is 7.86. The molecule has 0 amide bonds. The number of hydrogen-bond donors (Lipinski definition) is 0. The molecule has 1 aromatic rings. The Kier molecular flexibility index (Phi) is 5.20. The maximum atomic E-state index is 9.15. The van der Waals surface area contributed by atoms with Crippen molar-refractivity contribution >= 4 is 12.0 Å². The van der Waals surface area contributed by atoms with Crippen LogP contribution in [0.1, 0.15) is 26.5 Å². The van der Waals surface area contributed by atoms with Crippen LogP contribution in [-0.4, -0.2) is 14.1 Å². The summed E-state index contributed by atoms with van der Waals surface area (Å²) in [6.07, 6.45) is 6.99. The Bertz CT molecular complexity index is 844. The van der Waals surface area contributed by atoms with Crippen molar-refractivity contribution in [2.75, 3.05) is 19.0 Å². The zero-order chi connectivity index (χ0) is 18.6. The molecule has 0 saturated carbocycles. The molecule has 0 bridgehead atoms. The quantitative estimate of drug-likeness (QED) is 0.758. The van der Waals surface area contributed by atoms with Crippen LogP contribution >= 0.6 is 0 Å². The summed E-state index contributed by atoms with van der Waals surface area (Å²) >= 11 is 0. The van der Waals surface area contributed by atoms with Gasteiger partial charge in [-0.05, 0) is 30.4 Å². The van der Waals surface area contributed by atoms with Crippen LogP contribution in [0.15, 0.2) is 57.4 Å². The molecule has 1 aliphatic rings. The molecule has 1 aliphatic heterocycles. The molecule has 0 atom stereocenters. The predicted molar refractivity (Wildman–Crippen MR) is 97.0 cm³/mol. The van der Waals surface area contributed by atoms with Crippen molar-refractivity contribution < 1.29 is 9.15 Å².